The molecule has 2 saturated heterocycles. The predicted molar refractivity (Wildman–Crippen MR) is 123 cm³/mol. The van der Waals surface area contributed by atoms with Crippen LogP contribution in [0, 0.1) is 19.8 Å². The second-order valence-electron chi connectivity index (χ2n) is 8.12. The minimum Gasteiger partial charge on any atom is -0.321 e. The largest absolute Gasteiger partial charge is 0.321 e. The molecule has 0 radical (unpaired) electrons. The van der Waals surface area contributed by atoms with Gasteiger partial charge in [0.05, 0.1) is 23.7 Å². The zero-order valence-corrected chi connectivity index (χ0v) is 18.6. The summed E-state index contributed by atoms with van der Waals surface area (Å²) in [5.41, 5.74) is 6.21. The highest BCUT2D eigenvalue weighted by molar-refractivity contribution is 7.10. The number of nitrogens with zero attached hydrogens (tertiary/aromatic N) is 3. The molecule has 2 aliphatic rings. The predicted octanol–water partition coefficient (Wildman–Crippen LogP) is 1.89. The Morgan fingerprint density at radius 1 is 1.25 bits per heavy atom. The molecule has 5 rings (SSSR count). The molecule has 3 aromatic rings. The third-order valence-corrected chi connectivity index (χ3v) is 6.53. The van der Waals surface area contributed by atoms with Gasteiger partial charge in [-0.15, -0.1) is 11.3 Å². The second kappa shape index (κ2) is 8.38. The normalized spacial score (nSPS) is 22.5. The average Bonchev–Trinajstić information content (AvgIpc) is 3.48. The summed E-state index contributed by atoms with van der Waals surface area (Å²) in [6.07, 6.45) is -0.557. The van der Waals surface area contributed by atoms with Crippen molar-refractivity contribution in [3.63, 3.8) is 0 Å². The van der Waals surface area contributed by atoms with E-state index in [-0.39, 0.29) is 23.9 Å². The summed E-state index contributed by atoms with van der Waals surface area (Å²) in [5, 5.41) is 17.9. The number of rotatable bonds is 5. The Morgan fingerprint density at radius 3 is 2.91 bits per heavy atom. The Hall–Kier alpha value is -3.21. The number of amides is 2. The van der Waals surface area contributed by atoms with Crippen molar-refractivity contribution in [3.8, 4) is 0 Å². The van der Waals surface area contributed by atoms with E-state index in [0.717, 1.165) is 21.8 Å². The first-order valence-electron chi connectivity index (χ1n) is 10.5. The van der Waals surface area contributed by atoms with E-state index in [1.54, 1.807) is 22.1 Å². The van der Waals surface area contributed by atoms with E-state index in [4.69, 9.17) is 0 Å². The fourth-order valence-electron chi connectivity index (χ4n) is 4.19. The topological polar surface area (TPSA) is 103 Å². The Bertz CT molecular complexity index is 1140. The van der Waals surface area contributed by atoms with Crippen molar-refractivity contribution in [2.24, 2.45) is 5.92 Å². The van der Waals surface area contributed by atoms with E-state index in [1.807, 2.05) is 54.6 Å². The van der Waals surface area contributed by atoms with Crippen molar-refractivity contribution in [3.05, 3.63) is 64.0 Å². The smallest absolute Gasteiger partial charge is 0.230 e. The molecule has 3 unspecified atom stereocenters. The molecular formula is C22H25N7O2S. The maximum atomic E-state index is 12.9. The molecule has 0 aliphatic carbocycles. The van der Waals surface area contributed by atoms with Crippen molar-refractivity contribution in [2.45, 2.75) is 32.7 Å². The number of benzene rings is 1. The Kier molecular flexibility index (Phi) is 5.41. The van der Waals surface area contributed by atoms with Crippen LogP contribution in [0.4, 0.5) is 11.5 Å². The Morgan fingerprint density at radius 2 is 2.12 bits per heavy atom. The van der Waals surface area contributed by atoms with Crippen molar-refractivity contribution < 1.29 is 9.59 Å². The van der Waals surface area contributed by atoms with Crippen molar-refractivity contribution in [1.29, 1.82) is 0 Å². The fraction of sp³-hybridized carbons (Fsp3) is 0.318. The molecule has 10 heteroatoms. The molecule has 2 amide bonds. The highest BCUT2D eigenvalue weighted by atomic mass is 32.1. The quantitative estimate of drug-likeness (QED) is 0.472. The summed E-state index contributed by atoms with van der Waals surface area (Å²) in [7, 11) is 0. The van der Waals surface area contributed by atoms with Crippen LogP contribution >= 0.6 is 11.3 Å². The third kappa shape index (κ3) is 3.99. The standard InChI is InChI=1S/C22H25N7O2S/c1-13-5-3-6-15(9-13)28-20-17(12-23-28)21(31)26-22(25-20)29-18(10-14(2)27-29)24-19(30)11-16-7-4-8-32-16/h3-10,17,20,22-23,25H,11-12H2,1-2H3,(H,24,30)(H,26,31). The molecule has 2 aromatic heterocycles. The highest BCUT2D eigenvalue weighted by Gasteiger charge is 2.45. The van der Waals surface area contributed by atoms with Gasteiger partial charge in [-0.3, -0.25) is 19.9 Å². The van der Waals surface area contributed by atoms with E-state index in [2.05, 4.69) is 32.5 Å². The van der Waals surface area contributed by atoms with Crippen LogP contribution in [0.15, 0.2) is 47.8 Å². The van der Waals surface area contributed by atoms with E-state index >= 15 is 0 Å². The molecule has 2 aliphatic heterocycles. The molecule has 9 nitrogen and oxygen atoms in total. The minimum absolute atomic E-state index is 0.0644. The fourth-order valence-corrected chi connectivity index (χ4v) is 4.89. The van der Waals surface area contributed by atoms with E-state index in [0.29, 0.717) is 18.8 Å². The van der Waals surface area contributed by atoms with Gasteiger partial charge < -0.3 is 10.6 Å². The van der Waals surface area contributed by atoms with Gasteiger partial charge in [-0.2, -0.15) is 5.10 Å². The summed E-state index contributed by atoms with van der Waals surface area (Å²) in [6.45, 7) is 4.43. The van der Waals surface area contributed by atoms with E-state index < -0.39 is 6.29 Å². The number of thiophene rings is 1. The second-order valence-corrected chi connectivity index (χ2v) is 9.15. The van der Waals surface area contributed by atoms with Crippen LogP contribution in [-0.4, -0.2) is 34.3 Å². The molecule has 4 heterocycles. The van der Waals surface area contributed by atoms with Crippen LogP contribution in [0.2, 0.25) is 0 Å². The molecule has 0 bridgehead atoms. The number of fused-ring (bicyclic) bond motifs is 1. The van der Waals surface area contributed by atoms with Crippen molar-refractivity contribution >= 4 is 34.7 Å². The summed E-state index contributed by atoms with van der Waals surface area (Å²) in [4.78, 5) is 26.5. The summed E-state index contributed by atoms with van der Waals surface area (Å²) < 4.78 is 1.63. The maximum absolute atomic E-state index is 12.9. The van der Waals surface area contributed by atoms with Crippen LogP contribution in [0.1, 0.15) is 22.4 Å². The molecule has 166 valence electrons. The van der Waals surface area contributed by atoms with Gasteiger partial charge in [-0.1, -0.05) is 18.2 Å². The molecule has 3 atom stereocenters. The van der Waals surface area contributed by atoms with Crippen LogP contribution in [-0.2, 0) is 16.0 Å². The first kappa shape index (κ1) is 20.7. The number of hydrazine groups is 1. The van der Waals surface area contributed by atoms with Gasteiger partial charge in [-0.25, -0.2) is 10.1 Å². The maximum Gasteiger partial charge on any atom is 0.230 e. The molecule has 1 aromatic carbocycles. The zero-order valence-electron chi connectivity index (χ0n) is 17.8. The Balaban J connectivity index is 1.37. The lowest BCUT2D eigenvalue weighted by Gasteiger charge is -2.37. The highest BCUT2D eigenvalue weighted by Crippen LogP contribution is 2.28. The van der Waals surface area contributed by atoms with Crippen LogP contribution in [0.25, 0.3) is 0 Å². The van der Waals surface area contributed by atoms with Gasteiger partial charge in [0.15, 0.2) is 6.29 Å². The summed E-state index contributed by atoms with van der Waals surface area (Å²) in [5.74, 6) is 0.0941. The van der Waals surface area contributed by atoms with Crippen LogP contribution in [0.5, 0.6) is 0 Å². The van der Waals surface area contributed by atoms with Gasteiger partial charge in [0.25, 0.3) is 0 Å². The number of aryl methyl sites for hydroxylation is 2. The molecular weight excluding hydrogens is 426 g/mol. The molecule has 0 spiro atoms. The number of nitrogens with one attached hydrogen (secondary N) is 4. The number of anilines is 2. The monoisotopic (exact) mass is 451 g/mol. The van der Waals surface area contributed by atoms with Gasteiger partial charge >= 0.3 is 0 Å². The van der Waals surface area contributed by atoms with Crippen molar-refractivity contribution in [2.75, 3.05) is 16.9 Å². The number of hydrogen-bond acceptors (Lipinski definition) is 7. The molecule has 0 saturated carbocycles. The van der Waals surface area contributed by atoms with Crippen molar-refractivity contribution in [1.82, 2.24) is 25.8 Å². The minimum atomic E-state index is -0.596. The summed E-state index contributed by atoms with van der Waals surface area (Å²) in [6, 6.07) is 13.8. The summed E-state index contributed by atoms with van der Waals surface area (Å²) >= 11 is 1.54. The number of carbonyl (C=O) groups excluding carboxylic acids is 2. The third-order valence-electron chi connectivity index (χ3n) is 5.65. The van der Waals surface area contributed by atoms with E-state index in [9.17, 15) is 9.59 Å². The van der Waals surface area contributed by atoms with Gasteiger partial charge in [0.1, 0.15) is 12.0 Å². The molecule has 2 fully saturated rings. The van der Waals surface area contributed by atoms with Crippen LogP contribution < -0.4 is 26.4 Å². The number of carbonyl (C=O) groups is 2. The molecule has 32 heavy (non-hydrogen) atoms. The van der Waals surface area contributed by atoms with Crippen LogP contribution in [0.3, 0.4) is 0 Å². The SMILES string of the molecule is Cc1cccc(N2NCC3C(=O)NC(n4nc(C)cc4NC(=O)Cc4cccs4)NC32)c1. The number of aromatic nitrogens is 2. The molecule has 4 N–H and O–H groups in total. The number of hydrogen-bond donors (Lipinski definition) is 4. The van der Waals surface area contributed by atoms with Gasteiger partial charge in [0, 0.05) is 17.5 Å². The van der Waals surface area contributed by atoms with Gasteiger partial charge in [0.2, 0.25) is 11.8 Å². The lowest BCUT2D eigenvalue weighted by Crippen LogP contribution is -2.61. The van der Waals surface area contributed by atoms with Gasteiger partial charge in [-0.05, 0) is 43.0 Å². The first-order valence-corrected chi connectivity index (χ1v) is 11.4. The Labute approximate surface area is 189 Å². The zero-order chi connectivity index (χ0) is 22.2. The van der Waals surface area contributed by atoms with E-state index in [1.165, 1.54) is 0 Å². The average molecular weight is 452 g/mol. The lowest BCUT2D eigenvalue weighted by molar-refractivity contribution is -0.129. The lowest BCUT2D eigenvalue weighted by atomic mass is 10.0. The first-order chi connectivity index (χ1) is 15.5.